The van der Waals surface area contributed by atoms with Gasteiger partial charge in [-0.2, -0.15) is 0 Å². The fourth-order valence-electron chi connectivity index (χ4n) is 3.91. The van der Waals surface area contributed by atoms with Crippen molar-refractivity contribution in [3.05, 3.63) is 100 Å². The fourth-order valence-corrected chi connectivity index (χ4v) is 4.80. The lowest BCUT2D eigenvalue weighted by Crippen LogP contribution is -2.34. The van der Waals surface area contributed by atoms with Gasteiger partial charge in [0.15, 0.2) is 5.16 Å². The summed E-state index contributed by atoms with van der Waals surface area (Å²) in [7, 11) is 0. The smallest absolute Gasteiger partial charge is 0.266 e. The maximum atomic E-state index is 14.7. The minimum atomic E-state index is -0.920. The maximum absolute atomic E-state index is 14.7. The molecule has 0 spiro atoms. The lowest BCUT2D eigenvalue weighted by Gasteiger charge is -2.23. The van der Waals surface area contributed by atoms with Gasteiger partial charge in [-0.15, -0.1) is 0 Å². The quantitative estimate of drug-likeness (QED) is 0.265. The third-order valence-electron chi connectivity index (χ3n) is 5.83. The summed E-state index contributed by atoms with van der Waals surface area (Å²) in [5.74, 6) is -2.40. The molecular formula is C26H20F3N3O2S. The first-order valence-corrected chi connectivity index (χ1v) is 12.0. The van der Waals surface area contributed by atoms with Crippen LogP contribution >= 0.6 is 11.8 Å². The van der Waals surface area contributed by atoms with Crippen molar-refractivity contribution in [3.63, 3.8) is 0 Å². The third-order valence-corrected chi connectivity index (χ3v) is 6.75. The van der Waals surface area contributed by atoms with Crippen LogP contribution in [0.25, 0.3) is 16.6 Å². The van der Waals surface area contributed by atoms with E-state index in [1.165, 1.54) is 12.1 Å². The number of thioether (sulfide) groups is 1. The number of rotatable bonds is 7. The second kappa shape index (κ2) is 9.58. The molecular weight excluding hydrogens is 475 g/mol. The first-order chi connectivity index (χ1) is 16.9. The predicted octanol–water partition coefficient (Wildman–Crippen LogP) is 5.09. The molecule has 1 fully saturated rings. The zero-order chi connectivity index (χ0) is 24.5. The summed E-state index contributed by atoms with van der Waals surface area (Å²) in [4.78, 5) is 32.6. The molecule has 5 nitrogen and oxygen atoms in total. The first kappa shape index (κ1) is 23.2. The summed E-state index contributed by atoms with van der Waals surface area (Å²) in [5, 5.41) is 0.375. The van der Waals surface area contributed by atoms with Crippen molar-refractivity contribution in [3.8, 4) is 5.69 Å². The molecule has 0 aliphatic heterocycles. The molecule has 9 heteroatoms. The standard InChI is InChI=1S/C26H20F3N3O2S/c27-17-9-12-23(21(29)13-17)32-25(34)19-6-2-4-8-22(19)30-26(32)35-15-24(33)31(18-10-11-18)14-16-5-1-3-7-20(16)28/h1-9,12-13,18H,10-11,14-15H2. The number of fused-ring (bicyclic) bond motifs is 1. The molecule has 0 N–H and O–H groups in total. The van der Waals surface area contributed by atoms with Gasteiger partial charge in [0.1, 0.15) is 17.5 Å². The molecule has 0 radical (unpaired) electrons. The molecule has 1 heterocycles. The van der Waals surface area contributed by atoms with E-state index in [0.29, 0.717) is 17.1 Å². The van der Waals surface area contributed by atoms with E-state index >= 15 is 0 Å². The third kappa shape index (κ3) is 4.81. The number of amides is 1. The van der Waals surface area contributed by atoms with Crippen molar-refractivity contribution in [1.29, 1.82) is 0 Å². The highest BCUT2D eigenvalue weighted by Crippen LogP contribution is 2.31. The maximum Gasteiger partial charge on any atom is 0.266 e. The number of halogens is 3. The number of benzene rings is 3. The van der Waals surface area contributed by atoms with Gasteiger partial charge >= 0.3 is 0 Å². The topological polar surface area (TPSA) is 55.2 Å². The van der Waals surface area contributed by atoms with Crippen LogP contribution in [0, 0.1) is 17.5 Å². The molecule has 4 aromatic rings. The summed E-state index contributed by atoms with van der Waals surface area (Å²) in [5.41, 5.74) is 0.139. The van der Waals surface area contributed by atoms with E-state index in [2.05, 4.69) is 4.98 Å². The van der Waals surface area contributed by atoms with E-state index in [-0.39, 0.29) is 46.3 Å². The summed E-state index contributed by atoms with van der Waals surface area (Å²) in [6, 6.07) is 15.9. The number of hydrogen-bond acceptors (Lipinski definition) is 4. The molecule has 0 atom stereocenters. The first-order valence-electron chi connectivity index (χ1n) is 11.1. The molecule has 0 bridgehead atoms. The van der Waals surface area contributed by atoms with Gasteiger partial charge in [-0.1, -0.05) is 42.1 Å². The molecule has 1 saturated carbocycles. The summed E-state index contributed by atoms with van der Waals surface area (Å²) in [6.07, 6.45) is 1.68. The van der Waals surface area contributed by atoms with Crippen molar-refractivity contribution >= 4 is 28.6 Å². The summed E-state index contributed by atoms with van der Waals surface area (Å²) < 4.78 is 43.5. The largest absolute Gasteiger partial charge is 0.335 e. The zero-order valence-corrected chi connectivity index (χ0v) is 19.3. The van der Waals surface area contributed by atoms with Crippen LogP contribution in [0.2, 0.25) is 0 Å². The van der Waals surface area contributed by atoms with Gasteiger partial charge in [0, 0.05) is 24.2 Å². The Balaban J connectivity index is 1.48. The van der Waals surface area contributed by atoms with Crippen molar-refractivity contribution in [2.45, 2.75) is 30.6 Å². The van der Waals surface area contributed by atoms with Gasteiger partial charge in [-0.3, -0.25) is 14.2 Å². The number of carbonyl (C=O) groups excluding carboxylic acids is 1. The average Bonchev–Trinajstić information content (AvgIpc) is 3.68. The number of para-hydroxylation sites is 1. The Labute approximate surface area is 203 Å². The van der Waals surface area contributed by atoms with E-state index in [9.17, 15) is 22.8 Å². The monoisotopic (exact) mass is 495 g/mol. The number of carbonyl (C=O) groups is 1. The van der Waals surface area contributed by atoms with Crippen LogP contribution in [-0.2, 0) is 11.3 Å². The molecule has 178 valence electrons. The van der Waals surface area contributed by atoms with E-state index < -0.39 is 17.2 Å². The van der Waals surface area contributed by atoms with Crippen molar-refractivity contribution < 1.29 is 18.0 Å². The van der Waals surface area contributed by atoms with E-state index in [4.69, 9.17) is 0 Å². The van der Waals surface area contributed by atoms with Crippen LogP contribution in [0.15, 0.2) is 76.7 Å². The predicted molar refractivity (Wildman–Crippen MR) is 128 cm³/mol. The van der Waals surface area contributed by atoms with Gasteiger partial charge in [-0.25, -0.2) is 18.2 Å². The Hall–Kier alpha value is -3.59. The number of hydrogen-bond donors (Lipinski definition) is 0. The highest BCUT2D eigenvalue weighted by molar-refractivity contribution is 7.99. The van der Waals surface area contributed by atoms with E-state index in [1.807, 2.05) is 0 Å². The van der Waals surface area contributed by atoms with Gasteiger partial charge < -0.3 is 4.90 Å². The summed E-state index contributed by atoms with van der Waals surface area (Å²) in [6.45, 7) is 0.140. The van der Waals surface area contributed by atoms with Crippen LogP contribution in [0.3, 0.4) is 0 Å². The Morgan fingerprint density at radius 3 is 2.49 bits per heavy atom. The highest BCUT2D eigenvalue weighted by atomic mass is 32.2. The Kier molecular flexibility index (Phi) is 6.34. The minimum absolute atomic E-state index is 0.0315. The Morgan fingerprint density at radius 1 is 1.00 bits per heavy atom. The molecule has 1 aliphatic carbocycles. The van der Waals surface area contributed by atoms with Crippen LogP contribution in [0.5, 0.6) is 0 Å². The lowest BCUT2D eigenvalue weighted by molar-refractivity contribution is -0.129. The molecule has 5 rings (SSSR count). The molecule has 1 amide bonds. The lowest BCUT2D eigenvalue weighted by atomic mass is 10.2. The molecule has 0 unspecified atom stereocenters. The van der Waals surface area contributed by atoms with Crippen LogP contribution in [0.4, 0.5) is 13.2 Å². The van der Waals surface area contributed by atoms with Crippen molar-refractivity contribution in [1.82, 2.24) is 14.5 Å². The van der Waals surface area contributed by atoms with Crippen molar-refractivity contribution in [2.24, 2.45) is 0 Å². The number of nitrogens with zero attached hydrogens (tertiary/aromatic N) is 3. The molecule has 0 saturated heterocycles. The zero-order valence-electron chi connectivity index (χ0n) is 18.5. The highest BCUT2D eigenvalue weighted by Gasteiger charge is 2.33. The van der Waals surface area contributed by atoms with Crippen molar-refractivity contribution in [2.75, 3.05) is 5.75 Å². The van der Waals surface area contributed by atoms with E-state index in [1.54, 1.807) is 47.4 Å². The molecule has 3 aromatic carbocycles. The van der Waals surface area contributed by atoms with Gasteiger partial charge in [0.25, 0.3) is 5.56 Å². The van der Waals surface area contributed by atoms with Gasteiger partial charge in [0.2, 0.25) is 5.91 Å². The Morgan fingerprint density at radius 2 is 1.74 bits per heavy atom. The molecule has 35 heavy (non-hydrogen) atoms. The van der Waals surface area contributed by atoms with E-state index in [0.717, 1.165) is 35.2 Å². The Bertz CT molecular complexity index is 1490. The fraction of sp³-hybridized carbons (Fsp3) is 0.192. The minimum Gasteiger partial charge on any atom is -0.335 e. The van der Waals surface area contributed by atoms with Gasteiger partial charge in [0.05, 0.1) is 22.3 Å². The normalized spacial score (nSPS) is 13.2. The average molecular weight is 496 g/mol. The second-order valence-corrected chi connectivity index (χ2v) is 9.22. The molecule has 1 aliphatic rings. The molecule has 1 aromatic heterocycles. The van der Waals surface area contributed by atoms with Crippen LogP contribution in [-0.4, -0.2) is 32.2 Å². The van der Waals surface area contributed by atoms with Crippen LogP contribution in [0.1, 0.15) is 18.4 Å². The van der Waals surface area contributed by atoms with Crippen LogP contribution < -0.4 is 5.56 Å². The van der Waals surface area contributed by atoms with Gasteiger partial charge in [-0.05, 0) is 43.2 Å². The number of aromatic nitrogens is 2. The summed E-state index contributed by atoms with van der Waals surface area (Å²) >= 11 is 0.987. The second-order valence-electron chi connectivity index (χ2n) is 8.28. The SMILES string of the molecule is O=C(CSc1nc2ccccc2c(=O)n1-c1ccc(F)cc1F)N(Cc1ccccc1F)C1CC1.